The van der Waals surface area contributed by atoms with E-state index in [0.29, 0.717) is 31.9 Å². The molecule has 1 fully saturated rings. The molecule has 0 spiro atoms. The van der Waals surface area contributed by atoms with Crippen LogP contribution in [-0.4, -0.2) is 85.9 Å². The molecule has 1 N–H and O–H groups in total. The van der Waals surface area contributed by atoms with Crippen molar-refractivity contribution >= 4 is 29.6 Å². The van der Waals surface area contributed by atoms with Crippen molar-refractivity contribution in [1.29, 1.82) is 0 Å². The number of carbonyl (C=O) groups is 3. The third-order valence-corrected chi connectivity index (χ3v) is 6.56. The zero-order valence-electron chi connectivity index (χ0n) is 20.2. The summed E-state index contributed by atoms with van der Waals surface area (Å²) in [7, 11) is 1.54. The molecule has 0 aliphatic carbocycles. The number of likely N-dealkylation sites (tertiary alicyclic amines) is 1. The van der Waals surface area contributed by atoms with Crippen LogP contribution in [0.25, 0.3) is 0 Å². The average molecular weight is 475 g/mol. The maximum Gasteiger partial charge on any atom is 0.328 e. The number of unbranched alkanes of at least 4 members (excludes halogenated alkanes) is 4. The number of esters is 2. The van der Waals surface area contributed by atoms with E-state index < -0.39 is 24.1 Å². The van der Waals surface area contributed by atoms with Crippen LogP contribution in [0.15, 0.2) is 0 Å². The summed E-state index contributed by atoms with van der Waals surface area (Å²) in [6.07, 6.45) is 7.37. The Balaban J connectivity index is 2.58. The van der Waals surface area contributed by atoms with Crippen LogP contribution >= 0.6 is 11.8 Å². The van der Waals surface area contributed by atoms with Gasteiger partial charge in [-0.1, -0.05) is 32.6 Å². The van der Waals surface area contributed by atoms with Gasteiger partial charge < -0.3 is 19.1 Å². The van der Waals surface area contributed by atoms with Gasteiger partial charge in [-0.15, -0.1) is 0 Å². The maximum atomic E-state index is 13.1. The highest BCUT2D eigenvalue weighted by atomic mass is 32.2. The smallest absolute Gasteiger partial charge is 0.328 e. The lowest BCUT2D eigenvalue weighted by Crippen LogP contribution is -2.54. The van der Waals surface area contributed by atoms with Crippen molar-refractivity contribution in [3.05, 3.63) is 0 Å². The third-order valence-electron chi connectivity index (χ3n) is 5.41. The lowest BCUT2D eigenvalue weighted by molar-refractivity contribution is -0.155. The van der Waals surface area contributed by atoms with Crippen LogP contribution in [0, 0.1) is 0 Å². The highest BCUT2D eigenvalue weighted by Crippen LogP contribution is 2.20. The van der Waals surface area contributed by atoms with Gasteiger partial charge in [-0.3, -0.25) is 14.9 Å². The molecule has 0 aromatic heterocycles. The maximum absolute atomic E-state index is 13.1. The molecule has 8 nitrogen and oxygen atoms in total. The molecular formula is C23H42N2O6S. The molecule has 0 aromatic rings. The van der Waals surface area contributed by atoms with Crippen molar-refractivity contribution in [1.82, 2.24) is 10.2 Å². The predicted octanol–water partition coefficient (Wildman–Crippen LogP) is 2.78. The van der Waals surface area contributed by atoms with Crippen LogP contribution in [0.1, 0.15) is 65.7 Å². The van der Waals surface area contributed by atoms with Crippen LogP contribution in [-0.2, 0) is 28.6 Å². The molecule has 0 aromatic carbocycles. The second kappa shape index (κ2) is 17.2. The zero-order chi connectivity index (χ0) is 23.8. The summed E-state index contributed by atoms with van der Waals surface area (Å²) in [5, 5.41) is 3.14. The Bertz CT molecular complexity index is 563. The van der Waals surface area contributed by atoms with Gasteiger partial charge in [-0.05, 0) is 38.9 Å². The number of rotatable bonds is 17. The number of thioether (sulfide) groups is 1. The van der Waals surface area contributed by atoms with Crippen molar-refractivity contribution in [2.45, 2.75) is 83.8 Å². The Morgan fingerprint density at radius 3 is 2.53 bits per heavy atom. The molecule has 1 heterocycles. The lowest BCUT2D eigenvalue weighted by Gasteiger charge is -2.28. The third kappa shape index (κ3) is 10.5. The minimum atomic E-state index is -0.609. The first-order valence-corrected chi connectivity index (χ1v) is 13.1. The van der Waals surface area contributed by atoms with Gasteiger partial charge in [0.05, 0.1) is 19.3 Å². The van der Waals surface area contributed by atoms with E-state index in [1.54, 1.807) is 30.5 Å². The minimum Gasteiger partial charge on any atom is -0.465 e. The van der Waals surface area contributed by atoms with Gasteiger partial charge in [-0.25, -0.2) is 4.79 Å². The Morgan fingerprint density at radius 1 is 1.09 bits per heavy atom. The molecule has 186 valence electrons. The molecule has 32 heavy (non-hydrogen) atoms. The fraction of sp³-hybridized carbons (Fsp3) is 0.870. The Hall–Kier alpha value is -1.32. The molecule has 3 atom stereocenters. The lowest BCUT2D eigenvalue weighted by atomic mass is 10.2. The second-order valence-corrected chi connectivity index (χ2v) is 9.18. The normalized spacial score (nSPS) is 17.8. The van der Waals surface area contributed by atoms with Gasteiger partial charge >= 0.3 is 11.9 Å². The Kier molecular flexibility index (Phi) is 15.4. The number of carbonyl (C=O) groups excluding carboxylic acids is 3. The van der Waals surface area contributed by atoms with Gasteiger partial charge in [0.25, 0.3) is 0 Å². The van der Waals surface area contributed by atoms with E-state index in [2.05, 4.69) is 12.2 Å². The minimum absolute atomic E-state index is 0.169. The second-order valence-electron chi connectivity index (χ2n) is 8.03. The van der Waals surface area contributed by atoms with Crippen LogP contribution < -0.4 is 5.32 Å². The van der Waals surface area contributed by atoms with Gasteiger partial charge in [0.1, 0.15) is 18.7 Å². The molecule has 1 amide bonds. The first kappa shape index (κ1) is 28.7. The van der Waals surface area contributed by atoms with Crippen LogP contribution in [0.5, 0.6) is 0 Å². The summed E-state index contributed by atoms with van der Waals surface area (Å²) >= 11 is 1.70. The topological polar surface area (TPSA) is 94.2 Å². The standard InChI is InChI=1S/C23H42N2O6S/c1-5-7-8-9-10-16-32-17-19(22(27)30-6-2)24-18(3)21(26)25-13-11-12-20(25)23(28)31-15-14-29-4/h18-20,24H,5-17H2,1-4H3/t18?,19-,20-/m0/s1. The summed E-state index contributed by atoms with van der Waals surface area (Å²) in [5.41, 5.74) is 0. The molecule has 1 aliphatic rings. The molecule has 1 rings (SSSR count). The van der Waals surface area contributed by atoms with E-state index in [1.807, 2.05) is 0 Å². The average Bonchev–Trinajstić information content (AvgIpc) is 3.27. The van der Waals surface area contributed by atoms with E-state index in [-0.39, 0.29) is 18.5 Å². The van der Waals surface area contributed by atoms with E-state index >= 15 is 0 Å². The number of hydrogen-bond donors (Lipinski definition) is 1. The van der Waals surface area contributed by atoms with Crippen molar-refractivity contribution in [3.8, 4) is 0 Å². The fourth-order valence-corrected chi connectivity index (χ4v) is 4.70. The molecule has 1 saturated heterocycles. The molecule has 1 aliphatic heterocycles. The summed E-state index contributed by atoms with van der Waals surface area (Å²) in [4.78, 5) is 39.4. The molecule has 1 unspecified atom stereocenters. The van der Waals surface area contributed by atoms with E-state index in [0.717, 1.165) is 18.6 Å². The van der Waals surface area contributed by atoms with E-state index in [9.17, 15) is 14.4 Å². The molecule has 0 radical (unpaired) electrons. The molecule has 0 saturated carbocycles. The van der Waals surface area contributed by atoms with Crippen molar-refractivity contribution in [3.63, 3.8) is 0 Å². The number of hydrogen-bond acceptors (Lipinski definition) is 8. The van der Waals surface area contributed by atoms with Crippen molar-refractivity contribution in [2.24, 2.45) is 0 Å². The van der Waals surface area contributed by atoms with E-state index in [1.165, 1.54) is 32.8 Å². The SMILES string of the molecule is CCCCCCCSC[C@H](NC(C)C(=O)N1CCC[C@H]1C(=O)OCCOC)C(=O)OCC. The number of methoxy groups -OCH3 is 1. The molecule has 9 heteroatoms. The molecule has 0 bridgehead atoms. The zero-order valence-corrected chi connectivity index (χ0v) is 21.0. The summed E-state index contributed by atoms with van der Waals surface area (Å²) in [6, 6.07) is -1.76. The number of nitrogens with one attached hydrogen (secondary N) is 1. The van der Waals surface area contributed by atoms with Crippen LogP contribution in [0.3, 0.4) is 0 Å². The van der Waals surface area contributed by atoms with Crippen LogP contribution in [0.2, 0.25) is 0 Å². The quantitative estimate of drug-likeness (QED) is 0.254. The van der Waals surface area contributed by atoms with Crippen molar-refractivity contribution in [2.75, 3.05) is 45.0 Å². The van der Waals surface area contributed by atoms with Gasteiger partial charge in [-0.2, -0.15) is 11.8 Å². The number of amides is 1. The van der Waals surface area contributed by atoms with Gasteiger partial charge in [0, 0.05) is 19.4 Å². The predicted molar refractivity (Wildman–Crippen MR) is 127 cm³/mol. The first-order chi connectivity index (χ1) is 15.5. The van der Waals surface area contributed by atoms with Crippen LogP contribution in [0.4, 0.5) is 0 Å². The number of ether oxygens (including phenoxy) is 3. The summed E-state index contributed by atoms with van der Waals surface area (Å²) in [6.45, 7) is 6.99. The fourth-order valence-electron chi connectivity index (χ4n) is 3.66. The van der Waals surface area contributed by atoms with Gasteiger partial charge in [0.15, 0.2) is 0 Å². The van der Waals surface area contributed by atoms with E-state index in [4.69, 9.17) is 14.2 Å². The highest BCUT2D eigenvalue weighted by molar-refractivity contribution is 7.99. The Labute approximate surface area is 197 Å². The summed E-state index contributed by atoms with van der Waals surface area (Å²) in [5.74, 6) is 0.580. The molecular weight excluding hydrogens is 432 g/mol. The monoisotopic (exact) mass is 474 g/mol. The first-order valence-electron chi connectivity index (χ1n) is 11.9. The number of nitrogens with zero attached hydrogens (tertiary/aromatic N) is 1. The highest BCUT2D eigenvalue weighted by Gasteiger charge is 2.38. The Morgan fingerprint density at radius 2 is 1.84 bits per heavy atom. The largest absolute Gasteiger partial charge is 0.465 e. The van der Waals surface area contributed by atoms with Crippen molar-refractivity contribution < 1.29 is 28.6 Å². The summed E-state index contributed by atoms with van der Waals surface area (Å²) < 4.78 is 15.3. The van der Waals surface area contributed by atoms with Gasteiger partial charge in [0.2, 0.25) is 5.91 Å².